The van der Waals surface area contributed by atoms with Crippen molar-refractivity contribution in [1.82, 2.24) is 0 Å². The maximum absolute atomic E-state index is 12.1. The van der Waals surface area contributed by atoms with Crippen LogP contribution in [0.25, 0.3) is 6.08 Å². The van der Waals surface area contributed by atoms with Gasteiger partial charge in [0.25, 0.3) is 5.91 Å². The fraction of sp³-hybridized carbons (Fsp3) is 0.0667. The number of hydrogen-bond donors (Lipinski definition) is 1. The highest BCUT2D eigenvalue weighted by molar-refractivity contribution is 7.11. The van der Waals surface area contributed by atoms with Crippen LogP contribution in [0.4, 0.5) is 5.69 Å². The van der Waals surface area contributed by atoms with Gasteiger partial charge in [0, 0.05) is 20.6 Å². The van der Waals surface area contributed by atoms with Crippen molar-refractivity contribution < 1.29 is 4.79 Å². The molecule has 0 bridgehead atoms. The largest absolute Gasteiger partial charge is 0.321 e. The molecule has 2 aromatic rings. The Morgan fingerprint density at radius 3 is 2.52 bits per heavy atom. The van der Waals surface area contributed by atoms with Gasteiger partial charge < -0.3 is 5.32 Å². The first-order valence-corrected chi connectivity index (χ1v) is 7.56. The zero-order valence-electron chi connectivity index (χ0n) is 11.0. The van der Waals surface area contributed by atoms with Crippen molar-refractivity contribution in [2.75, 3.05) is 5.32 Å². The summed E-state index contributed by atoms with van der Waals surface area (Å²) in [5, 5.41) is 14.5. The van der Waals surface area contributed by atoms with E-state index in [-0.39, 0.29) is 5.57 Å². The number of nitrogens with one attached hydrogen (secondary N) is 1. The molecule has 2 rings (SSSR count). The number of benzene rings is 1. The van der Waals surface area contributed by atoms with Crippen LogP contribution in [0.2, 0.25) is 10.0 Å². The van der Waals surface area contributed by atoms with Crippen molar-refractivity contribution in [3.8, 4) is 6.07 Å². The number of aryl methyl sites for hydroxylation is 1. The number of thiophene rings is 1. The second-order valence-electron chi connectivity index (χ2n) is 4.25. The molecular weight excluding hydrogens is 327 g/mol. The first-order chi connectivity index (χ1) is 9.99. The lowest BCUT2D eigenvalue weighted by Crippen LogP contribution is -2.13. The summed E-state index contributed by atoms with van der Waals surface area (Å²) in [6.07, 6.45) is 1.57. The van der Waals surface area contributed by atoms with Crippen molar-refractivity contribution in [2.45, 2.75) is 6.92 Å². The van der Waals surface area contributed by atoms with Crippen molar-refractivity contribution in [3.05, 3.63) is 55.7 Å². The predicted octanol–water partition coefficient (Wildman–Crippen LogP) is 4.91. The molecule has 0 spiro atoms. The first-order valence-electron chi connectivity index (χ1n) is 5.93. The van der Waals surface area contributed by atoms with Gasteiger partial charge in [0.2, 0.25) is 0 Å². The molecule has 0 saturated heterocycles. The standard InChI is InChI=1S/C15H10Cl2N2OS/c1-9-2-3-21-14(9)4-10(8-18)15(20)19-13-6-11(16)5-12(17)7-13/h2-7H,1H3,(H,19,20)/b10-4+. The fourth-order valence-corrected chi connectivity index (χ4v) is 3.02. The number of halogens is 2. The summed E-state index contributed by atoms with van der Waals surface area (Å²) in [5.41, 5.74) is 1.49. The van der Waals surface area contributed by atoms with E-state index in [1.54, 1.807) is 24.3 Å². The van der Waals surface area contributed by atoms with E-state index in [1.807, 2.05) is 24.4 Å². The summed E-state index contributed by atoms with van der Waals surface area (Å²) in [5.74, 6) is -0.497. The van der Waals surface area contributed by atoms with Gasteiger partial charge in [-0.3, -0.25) is 4.79 Å². The predicted molar refractivity (Wildman–Crippen MR) is 87.7 cm³/mol. The summed E-state index contributed by atoms with van der Waals surface area (Å²) < 4.78 is 0. The van der Waals surface area contributed by atoms with E-state index in [9.17, 15) is 4.79 Å². The number of carbonyl (C=O) groups is 1. The monoisotopic (exact) mass is 336 g/mol. The molecule has 1 aromatic carbocycles. The van der Waals surface area contributed by atoms with Gasteiger partial charge in [-0.25, -0.2) is 0 Å². The number of nitrogens with zero attached hydrogens (tertiary/aromatic N) is 1. The molecule has 0 aliphatic rings. The minimum Gasteiger partial charge on any atom is -0.321 e. The van der Waals surface area contributed by atoms with Crippen LogP contribution in [-0.4, -0.2) is 5.91 Å². The summed E-state index contributed by atoms with van der Waals surface area (Å²) in [7, 11) is 0. The molecule has 0 fully saturated rings. The summed E-state index contributed by atoms with van der Waals surface area (Å²) in [4.78, 5) is 13.0. The molecule has 3 nitrogen and oxygen atoms in total. The smallest absolute Gasteiger partial charge is 0.266 e. The third kappa shape index (κ3) is 4.08. The maximum atomic E-state index is 12.1. The molecule has 21 heavy (non-hydrogen) atoms. The highest BCUT2D eigenvalue weighted by Crippen LogP contribution is 2.23. The lowest BCUT2D eigenvalue weighted by atomic mass is 10.2. The Labute approximate surface area is 136 Å². The normalized spacial score (nSPS) is 11.0. The average Bonchev–Trinajstić information content (AvgIpc) is 2.80. The molecule has 6 heteroatoms. The molecule has 106 valence electrons. The van der Waals surface area contributed by atoms with E-state index in [0.717, 1.165) is 10.4 Å². The molecular formula is C15H10Cl2N2OS. The van der Waals surface area contributed by atoms with Crippen LogP contribution in [0.3, 0.4) is 0 Å². The van der Waals surface area contributed by atoms with Gasteiger partial charge in [-0.2, -0.15) is 5.26 Å². The van der Waals surface area contributed by atoms with Crippen LogP contribution in [0.1, 0.15) is 10.4 Å². The molecule has 0 unspecified atom stereocenters. The van der Waals surface area contributed by atoms with Crippen LogP contribution in [0.15, 0.2) is 35.2 Å². The van der Waals surface area contributed by atoms with Crippen molar-refractivity contribution in [2.24, 2.45) is 0 Å². The van der Waals surface area contributed by atoms with E-state index >= 15 is 0 Å². The van der Waals surface area contributed by atoms with Gasteiger partial charge in [-0.15, -0.1) is 11.3 Å². The third-order valence-corrected chi connectivity index (χ3v) is 4.07. The maximum Gasteiger partial charge on any atom is 0.266 e. The Hall–Kier alpha value is -1.80. The fourth-order valence-electron chi connectivity index (χ4n) is 1.64. The SMILES string of the molecule is Cc1ccsc1/C=C(\C#N)C(=O)Nc1cc(Cl)cc(Cl)c1. The number of hydrogen-bond acceptors (Lipinski definition) is 3. The van der Waals surface area contributed by atoms with Crippen molar-refractivity contribution in [1.29, 1.82) is 5.26 Å². The summed E-state index contributed by atoms with van der Waals surface area (Å²) >= 11 is 13.2. The lowest BCUT2D eigenvalue weighted by Gasteiger charge is -2.05. The molecule has 1 N–H and O–H groups in total. The van der Waals surface area contributed by atoms with Crippen molar-refractivity contribution in [3.63, 3.8) is 0 Å². The van der Waals surface area contributed by atoms with Crippen LogP contribution in [-0.2, 0) is 4.79 Å². The van der Waals surface area contributed by atoms with Crippen LogP contribution in [0.5, 0.6) is 0 Å². The van der Waals surface area contributed by atoms with E-state index in [2.05, 4.69) is 5.32 Å². The number of rotatable bonds is 3. The number of amides is 1. The molecule has 0 aliphatic carbocycles. The van der Waals surface area contributed by atoms with Crippen LogP contribution in [0, 0.1) is 18.3 Å². The number of anilines is 1. The first kappa shape index (κ1) is 15.6. The van der Waals surface area contributed by atoms with E-state index in [4.69, 9.17) is 28.5 Å². The van der Waals surface area contributed by atoms with Gasteiger partial charge >= 0.3 is 0 Å². The molecule has 1 heterocycles. The Balaban J connectivity index is 2.24. The van der Waals surface area contributed by atoms with Crippen molar-refractivity contribution >= 4 is 52.2 Å². The lowest BCUT2D eigenvalue weighted by molar-refractivity contribution is -0.112. The van der Waals surface area contributed by atoms with Gasteiger partial charge in [0.15, 0.2) is 0 Å². The molecule has 1 aromatic heterocycles. The zero-order chi connectivity index (χ0) is 15.4. The Bertz CT molecular complexity index is 739. The minimum absolute atomic E-state index is 0.0247. The van der Waals surface area contributed by atoms with Crippen LogP contribution < -0.4 is 5.32 Å². The molecule has 0 radical (unpaired) electrons. The second-order valence-corrected chi connectivity index (χ2v) is 6.07. The topological polar surface area (TPSA) is 52.9 Å². The molecule has 1 amide bonds. The van der Waals surface area contributed by atoms with E-state index < -0.39 is 5.91 Å². The number of nitriles is 1. The molecule has 0 atom stereocenters. The third-order valence-electron chi connectivity index (χ3n) is 2.66. The average molecular weight is 337 g/mol. The van der Waals surface area contributed by atoms with Crippen LogP contribution >= 0.6 is 34.5 Å². The van der Waals surface area contributed by atoms with E-state index in [0.29, 0.717) is 15.7 Å². The Morgan fingerprint density at radius 1 is 1.33 bits per heavy atom. The van der Waals surface area contributed by atoms with E-state index in [1.165, 1.54) is 11.3 Å². The summed E-state index contributed by atoms with van der Waals surface area (Å²) in [6, 6.07) is 8.53. The van der Waals surface area contributed by atoms with Gasteiger partial charge in [-0.1, -0.05) is 23.2 Å². The molecule has 0 saturated carbocycles. The Kier molecular flexibility index (Phi) is 5.03. The minimum atomic E-state index is -0.497. The highest BCUT2D eigenvalue weighted by atomic mass is 35.5. The zero-order valence-corrected chi connectivity index (χ0v) is 13.3. The van der Waals surface area contributed by atoms with Gasteiger partial charge in [0.1, 0.15) is 11.6 Å². The van der Waals surface area contributed by atoms with Gasteiger partial charge in [-0.05, 0) is 48.2 Å². The molecule has 0 aliphatic heterocycles. The quantitative estimate of drug-likeness (QED) is 0.639. The second kappa shape index (κ2) is 6.77. The summed E-state index contributed by atoms with van der Waals surface area (Å²) in [6.45, 7) is 1.92. The highest BCUT2D eigenvalue weighted by Gasteiger charge is 2.11. The van der Waals surface area contributed by atoms with Gasteiger partial charge in [0.05, 0.1) is 0 Å². The Morgan fingerprint density at radius 2 is 2.00 bits per heavy atom. The number of carbonyl (C=O) groups excluding carboxylic acids is 1.